The molecule has 1 atom stereocenters. The fourth-order valence-corrected chi connectivity index (χ4v) is 4.01. The van der Waals surface area contributed by atoms with Crippen LogP contribution in [0, 0.1) is 0 Å². The van der Waals surface area contributed by atoms with Crippen molar-refractivity contribution < 1.29 is 27.5 Å². The predicted octanol–water partition coefficient (Wildman–Crippen LogP) is 0.497. The van der Waals surface area contributed by atoms with Gasteiger partial charge in [-0.1, -0.05) is 13.3 Å². The van der Waals surface area contributed by atoms with Crippen LogP contribution >= 0.6 is 0 Å². The second-order valence-electron chi connectivity index (χ2n) is 6.10. The van der Waals surface area contributed by atoms with Crippen LogP contribution in [0.25, 0.3) is 0 Å². The lowest BCUT2D eigenvalue weighted by atomic mass is 10.2. The van der Waals surface area contributed by atoms with Crippen LogP contribution in [0.2, 0.25) is 0 Å². The number of hydrogen-bond donors (Lipinski definition) is 2. The highest BCUT2D eigenvalue weighted by atomic mass is 32.2. The van der Waals surface area contributed by atoms with Gasteiger partial charge in [-0.2, -0.15) is 4.31 Å². The Kier molecular flexibility index (Phi) is 7.18. The molecule has 9 nitrogen and oxygen atoms in total. The highest BCUT2D eigenvalue weighted by molar-refractivity contribution is 7.89. The summed E-state index contributed by atoms with van der Waals surface area (Å²) in [6.07, 6.45) is 3.01. The van der Waals surface area contributed by atoms with Gasteiger partial charge in [0.2, 0.25) is 10.0 Å². The summed E-state index contributed by atoms with van der Waals surface area (Å²) in [6, 6.07) is 1.21. The lowest BCUT2D eigenvalue weighted by Gasteiger charge is -2.25. The van der Waals surface area contributed by atoms with Gasteiger partial charge in [0.1, 0.15) is 10.6 Å². The Morgan fingerprint density at radius 3 is 2.73 bits per heavy atom. The molecule has 1 aromatic heterocycles. The molecule has 2 rings (SSSR count). The van der Waals surface area contributed by atoms with Gasteiger partial charge in [-0.15, -0.1) is 0 Å². The SMILES string of the molecule is CCCC(C)NC(=O)COC(=O)c1cc(S(=O)(=O)N2CCOCC2)c[nH]1. The van der Waals surface area contributed by atoms with Crippen molar-refractivity contribution in [3.8, 4) is 0 Å². The maximum Gasteiger partial charge on any atom is 0.355 e. The number of aromatic nitrogens is 1. The van der Waals surface area contributed by atoms with Crippen LogP contribution in [-0.4, -0.2) is 68.5 Å². The van der Waals surface area contributed by atoms with Gasteiger partial charge in [0, 0.05) is 25.3 Å². The lowest BCUT2D eigenvalue weighted by molar-refractivity contribution is -0.124. The number of ether oxygens (including phenoxy) is 2. The van der Waals surface area contributed by atoms with Crippen LogP contribution in [0.15, 0.2) is 17.2 Å². The van der Waals surface area contributed by atoms with E-state index in [1.807, 2.05) is 13.8 Å². The second-order valence-corrected chi connectivity index (χ2v) is 8.04. The van der Waals surface area contributed by atoms with Crippen LogP contribution in [0.1, 0.15) is 37.2 Å². The molecule has 1 unspecified atom stereocenters. The zero-order valence-corrected chi connectivity index (χ0v) is 15.8. The molecule has 1 saturated heterocycles. The molecule has 1 aliphatic heterocycles. The first kappa shape index (κ1) is 20.4. The number of morpholine rings is 1. The number of carbonyl (C=O) groups excluding carboxylic acids is 2. The van der Waals surface area contributed by atoms with Gasteiger partial charge >= 0.3 is 5.97 Å². The molecule has 146 valence electrons. The monoisotopic (exact) mass is 387 g/mol. The van der Waals surface area contributed by atoms with Crippen LogP contribution in [-0.2, 0) is 24.3 Å². The van der Waals surface area contributed by atoms with E-state index in [0.717, 1.165) is 12.8 Å². The number of esters is 1. The molecule has 26 heavy (non-hydrogen) atoms. The van der Waals surface area contributed by atoms with Gasteiger partial charge in [-0.25, -0.2) is 13.2 Å². The Bertz CT molecular complexity index is 724. The highest BCUT2D eigenvalue weighted by Crippen LogP contribution is 2.18. The maximum atomic E-state index is 12.5. The number of sulfonamides is 1. The van der Waals surface area contributed by atoms with E-state index in [-0.39, 0.29) is 29.7 Å². The van der Waals surface area contributed by atoms with Crippen molar-refractivity contribution in [1.82, 2.24) is 14.6 Å². The smallest absolute Gasteiger partial charge is 0.355 e. The molecular weight excluding hydrogens is 362 g/mol. The van der Waals surface area contributed by atoms with Crippen molar-refractivity contribution in [1.29, 1.82) is 0 Å². The summed E-state index contributed by atoms with van der Waals surface area (Å²) >= 11 is 0. The van der Waals surface area contributed by atoms with Gasteiger partial charge in [0.05, 0.1) is 13.2 Å². The van der Waals surface area contributed by atoms with Crippen LogP contribution in [0.4, 0.5) is 0 Å². The van der Waals surface area contributed by atoms with Gasteiger partial charge in [0.15, 0.2) is 6.61 Å². The number of H-pyrrole nitrogens is 1. The number of rotatable bonds is 8. The minimum absolute atomic E-state index is 0.00181. The molecule has 1 fully saturated rings. The van der Waals surface area contributed by atoms with Crippen LogP contribution in [0.3, 0.4) is 0 Å². The van der Waals surface area contributed by atoms with Gasteiger partial charge in [-0.3, -0.25) is 4.79 Å². The maximum absolute atomic E-state index is 12.5. The Hall–Kier alpha value is -1.91. The van der Waals surface area contributed by atoms with E-state index in [0.29, 0.717) is 13.2 Å². The summed E-state index contributed by atoms with van der Waals surface area (Å²) in [4.78, 5) is 26.3. The van der Waals surface area contributed by atoms with Crippen molar-refractivity contribution in [3.05, 3.63) is 18.0 Å². The van der Waals surface area contributed by atoms with Gasteiger partial charge in [0.25, 0.3) is 5.91 Å². The van der Waals surface area contributed by atoms with Crippen LogP contribution in [0.5, 0.6) is 0 Å². The summed E-state index contributed by atoms with van der Waals surface area (Å²) in [5.74, 6) is -1.18. The average molecular weight is 387 g/mol. The van der Waals surface area contributed by atoms with E-state index in [1.54, 1.807) is 0 Å². The van der Waals surface area contributed by atoms with Crippen molar-refractivity contribution in [2.45, 2.75) is 37.6 Å². The Labute approximate surface area is 153 Å². The van der Waals surface area contributed by atoms with Crippen LogP contribution < -0.4 is 5.32 Å². The van der Waals surface area contributed by atoms with E-state index in [4.69, 9.17) is 9.47 Å². The van der Waals surface area contributed by atoms with E-state index in [2.05, 4.69) is 10.3 Å². The number of aromatic amines is 1. The molecule has 0 saturated carbocycles. The molecule has 0 radical (unpaired) electrons. The zero-order chi connectivity index (χ0) is 19.2. The Balaban J connectivity index is 1.92. The third kappa shape index (κ3) is 5.29. The summed E-state index contributed by atoms with van der Waals surface area (Å²) in [6.45, 7) is 4.67. The molecule has 2 heterocycles. The Morgan fingerprint density at radius 1 is 1.38 bits per heavy atom. The summed E-state index contributed by atoms with van der Waals surface area (Å²) in [5.41, 5.74) is -0.0220. The number of nitrogens with zero attached hydrogens (tertiary/aromatic N) is 1. The van der Waals surface area contributed by atoms with E-state index in [9.17, 15) is 18.0 Å². The minimum Gasteiger partial charge on any atom is -0.451 e. The molecule has 0 spiro atoms. The minimum atomic E-state index is -3.69. The average Bonchev–Trinajstić information content (AvgIpc) is 3.11. The molecule has 2 N–H and O–H groups in total. The summed E-state index contributed by atoms with van der Waals surface area (Å²) in [7, 11) is -3.69. The molecule has 1 aliphatic rings. The fourth-order valence-electron chi connectivity index (χ4n) is 2.61. The normalized spacial score (nSPS) is 16.8. The largest absolute Gasteiger partial charge is 0.451 e. The topological polar surface area (TPSA) is 118 Å². The molecule has 10 heteroatoms. The summed E-state index contributed by atoms with van der Waals surface area (Å²) < 4.78 is 36.4. The van der Waals surface area contributed by atoms with E-state index in [1.165, 1.54) is 16.6 Å². The van der Waals surface area contributed by atoms with Crippen molar-refractivity contribution in [2.24, 2.45) is 0 Å². The van der Waals surface area contributed by atoms with Gasteiger partial charge in [-0.05, 0) is 19.4 Å². The van der Waals surface area contributed by atoms with Crippen molar-refractivity contribution >= 4 is 21.9 Å². The summed E-state index contributed by atoms with van der Waals surface area (Å²) in [5, 5.41) is 2.72. The number of hydrogen-bond acceptors (Lipinski definition) is 6. The molecule has 0 aromatic carbocycles. The van der Waals surface area contributed by atoms with Crippen molar-refractivity contribution in [3.63, 3.8) is 0 Å². The van der Waals surface area contributed by atoms with E-state index < -0.39 is 28.5 Å². The molecule has 0 bridgehead atoms. The second kappa shape index (κ2) is 9.15. The standard InChI is InChI=1S/C16H25N3O6S/c1-3-4-12(2)18-15(20)11-25-16(21)14-9-13(10-17-14)26(22,23)19-5-7-24-8-6-19/h9-10,12,17H,3-8,11H2,1-2H3,(H,18,20). The first-order chi connectivity index (χ1) is 12.3. The first-order valence-corrected chi connectivity index (χ1v) is 10.0. The fraction of sp³-hybridized carbons (Fsp3) is 0.625. The third-order valence-electron chi connectivity index (χ3n) is 3.95. The lowest BCUT2D eigenvalue weighted by Crippen LogP contribution is -2.40. The molecular formula is C16H25N3O6S. The highest BCUT2D eigenvalue weighted by Gasteiger charge is 2.28. The number of nitrogens with one attached hydrogen (secondary N) is 2. The third-order valence-corrected chi connectivity index (χ3v) is 5.82. The zero-order valence-electron chi connectivity index (χ0n) is 15.0. The number of amides is 1. The molecule has 0 aliphatic carbocycles. The Morgan fingerprint density at radius 2 is 2.08 bits per heavy atom. The predicted molar refractivity (Wildman–Crippen MR) is 93.2 cm³/mol. The van der Waals surface area contributed by atoms with Crippen molar-refractivity contribution in [2.75, 3.05) is 32.9 Å². The molecule has 1 aromatic rings. The van der Waals surface area contributed by atoms with Gasteiger partial charge < -0.3 is 19.8 Å². The van der Waals surface area contributed by atoms with E-state index >= 15 is 0 Å². The first-order valence-electron chi connectivity index (χ1n) is 8.57. The molecule has 1 amide bonds. The number of carbonyl (C=O) groups is 2. The quantitative estimate of drug-likeness (QED) is 0.627.